The zero-order valence-corrected chi connectivity index (χ0v) is 12.0. The van der Waals surface area contributed by atoms with Crippen LogP contribution in [0.4, 0.5) is 0 Å². The molecule has 0 fully saturated rings. The summed E-state index contributed by atoms with van der Waals surface area (Å²) in [7, 11) is 0. The SMILES string of the molecule is CCn1c(=S)[nH]c2ccc(C(C)(C)C)cc2c1=O. The van der Waals surface area contributed by atoms with E-state index in [2.05, 4.69) is 25.8 Å². The predicted octanol–water partition coefficient (Wildman–Crippen LogP) is 3.38. The molecule has 0 aliphatic carbocycles. The summed E-state index contributed by atoms with van der Waals surface area (Å²) in [4.78, 5) is 15.4. The second kappa shape index (κ2) is 4.35. The monoisotopic (exact) mass is 262 g/mol. The molecule has 1 aromatic carbocycles. The summed E-state index contributed by atoms with van der Waals surface area (Å²) in [5.74, 6) is 0. The molecule has 1 heterocycles. The molecule has 2 aromatic rings. The van der Waals surface area contributed by atoms with Crippen LogP contribution in [0.1, 0.15) is 33.3 Å². The van der Waals surface area contributed by atoms with E-state index in [4.69, 9.17) is 12.2 Å². The highest BCUT2D eigenvalue weighted by Gasteiger charge is 2.15. The Bertz CT molecular complexity index is 704. The summed E-state index contributed by atoms with van der Waals surface area (Å²) in [6, 6.07) is 5.95. The number of hydrogen-bond donors (Lipinski definition) is 1. The van der Waals surface area contributed by atoms with Gasteiger partial charge in [-0.05, 0) is 42.3 Å². The van der Waals surface area contributed by atoms with Crippen LogP contribution in [0.15, 0.2) is 23.0 Å². The fourth-order valence-electron chi connectivity index (χ4n) is 2.00. The van der Waals surface area contributed by atoms with E-state index in [9.17, 15) is 4.79 Å². The van der Waals surface area contributed by atoms with Crippen molar-refractivity contribution in [1.82, 2.24) is 9.55 Å². The number of nitrogens with one attached hydrogen (secondary N) is 1. The standard InChI is InChI=1S/C14H18N2OS/c1-5-16-12(17)10-8-9(14(2,3)4)6-7-11(10)15-13(16)18/h6-8H,5H2,1-4H3,(H,15,18). The van der Waals surface area contributed by atoms with Crippen molar-refractivity contribution in [2.75, 3.05) is 0 Å². The number of benzene rings is 1. The van der Waals surface area contributed by atoms with Gasteiger partial charge in [0.2, 0.25) is 0 Å². The summed E-state index contributed by atoms with van der Waals surface area (Å²) >= 11 is 5.18. The first-order valence-electron chi connectivity index (χ1n) is 6.12. The summed E-state index contributed by atoms with van der Waals surface area (Å²) in [6.45, 7) is 8.92. The van der Waals surface area contributed by atoms with Crippen LogP contribution in [-0.2, 0) is 12.0 Å². The van der Waals surface area contributed by atoms with Gasteiger partial charge in [0, 0.05) is 6.54 Å². The Morgan fingerprint density at radius 2 is 2.00 bits per heavy atom. The van der Waals surface area contributed by atoms with Crippen LogP contribution in [0.25, 0.3) is 10.9 Å². The summed E-state index contributed by atoms with van der Waals surface area (Å²) < 4.78 is 2.07. The minimum absolute atomic E-state index is 0.0117. The Morgan fingerprint density at radius 3 is 2.56 bits per heavy atom. The van der Waals surface area contributed by atoms with E-state index in [0.29, 0.717) is 16.7 Å². The highest BCUT2D eigenvalue weighted by molar-refractivity contribution is 7.71. The van der Waals surface area contributed by atoms with E-state index >= 15 is 0 Å². The molecule has 1 aromatic heterocycles. The van der Waals surface area contributed by atoms with Gasteiger partial charge in [0.25, 0.3) is 5.56 Å². The minimum atomic E-state index is -0.0117. The molecule has 0 amide bonds. The average molecular weight is 262 g/mol. The summed E-state index contributed by atoms with van der Waals surface area (Å²) in [6.07, 6.45) is 0. The number of hydrogen-bond acceptors (Lipinski definition) is 2. The molecule has 3 nitrogen and oxygen atoms in total. The number of H-pyrrole nitrogens is 1. The summed E-state index contributed by atoms with van der Waals surface area (Å²) in [5.41, 5.74) is 1.98. The Hall–Kier alpha value is -1.42. The number of aromatic amines is 1. The summed E-state index contributed by atoms with van der Waals surface area (Å²) in [5, 5.41) is 0.706. The first-order valence-corrected chi connectivity index (χ1v) is 6.53. The van der Waals surface area contributed by atoms with Gasteiger partial charge < -0.3 is 4.98 Å². The normalized spacial score (nSPS) is 12.0. The number of fused-ring (bicyclic) bond motifs is 1. The Labute approximate surface area is 111 Å². The van der Waals surface area contributed by atoms with Crippen molar-refractivity contribution in [1.29, 1.82) is 0 Å². The number of aromatic nitrogens is 2. The van der Waals surface area contributed by atoms with Crippen molar-refractivity contribution in [3.8, 4) is 0 Å². The van der Waals surface area contributed by atoms with Crippen molar-refractivity contribution in [3.05, 3.63) is 38.9 Å². The fraction of sp³-hybridized carbons (Fsp3) is 0.429. The third-order valence-electron chi connectivity index (χ3n) is 3.16. The number of rotatable bonds is 1. The largest absolute Gasteiger partial charge is 0.332 e. The molecule has 0 saturated heterocycles. The third-order valence-corrected chi connectivity index (χ3v) is 3.49. The van der Waals surface area contributed by atoms with Gasteiger partial charge in [-0.1, -0.05) is 26.8 Å². The molecule has 2 rings (SSSR count). The molecule has 18 heavy (non-hydrogen) atoms. The van der Waals surface area contributed by atoms with E-state index in [1.54, 1.807) is 4.57 Å². The number of nitrogens with zero attached hydrogens (tertiary/aromatic N) is 1. The second-order valence-corrected chi connectivity index (χ2v) is 5.88. The average Bonchev–Trinajstić information content (AvgIpc) is 2.27. The van der Waals surface area contributed by atoms with Gasteiger partial charge >= 0.3 is 0 Å². The van der Waals surface area contributed by atoms with Crippen LogP contribution in [0.5, 0.6) is 0 Å². The molecule has 4 heteroatoms. The molecular formula is C14H18N2OS. The molecule has 0 saturated carbocycles. The van der Waals surface area contributed by atoms with E-state index in [1.807, 2.05) is 25.1 Å². The lowest BCUT2D eigenvalue weighted by Gasteiger charge is -2.19. The highest BCUT2D eigenvalue weighted by Crippen LogP contribution is 2.24. The molecule has 0 spiro atoms. The maximum Gasteiger partial charge on any atom is 0.262 e. The van der Waals surface area contributed by atoms with Crippen LogP contribution in [0.3, 0.4) is 0 Å². The van der Waals surface area contributed by atoms with Gasteiger partial charge in [-0.25, -0.2) is 0 Å². The van der Waals surface area contributed by atoms with Crippen molar-refractivity contribution < 1.29 is 0 Å². The smallest absolute Gasteiger partial charge is 0.262 e. The van der Waals surface area contributed by atoms with Gasteiger partial charge in [0.1, 0.15) is 0 Å². The van der Waals surface area contributed by atoms with Crippen molar-refractivity contribution >= 4 is 23.1 Å². The molecule has 0 atom stereocenters. The third kappa shape index (κ3) is 2.12. The Morgan fingerprint density at radius 1 is 1.33 bits per heavy atom. The van der Waals surface area contributed by atoms with E-state index < -0.39 is 0 Å². The Balaban J connectivity index is 2.85. The van der Waals surface area contributed by atoms with Crippen LogP contribution in [0, 0.1) is 4.77 Å². The zero-order valence-electron chi connectivity index (χ0n) is 11.2. The molecule has 0 bridgehead atoms. The first kappa shape index (κ1) is 13.0. The minimum Gasteiger partial charge on any atom is -0.332 e. The zero-order chi connectivity index (χ0) is 13.5. The van der Waals surface area contributed by atoms with Crippen LogP contribution < -0.4 is 5.56 Å². The van der Waals surface area contributed by atoms with Gasteiger partial charge in [0.15, 0.2) is 4.77 Å². The topological polar surface area (TPSA) is 37.8 Å². The van der Waals surface area contributed by atoms with E-state index in [1.165, 1.54) is 0 Å². The maximum atomic E-state index is 12.3. The van der Waals surface area contributed by atoms with Crippen LogP contribution >= 0.6 is 12.2 Å². The molecule has 0 radical (unpaired) electrons. The quantitative estimate of drug-likeness (QED) is 0.800. The van der Waals surface area contributed by atoms with Crippen molar-refractivity contribution in [2.24, 2.45) is 0 Å². The lowest BCUT2D eigenvalue weighted by molar-refractivity contribution is 0.591. The molecule has 0 unspecified atom stereocenters. The maximum absolute atomic E-state index is 12.3. The molecule has 0 aliphatic rings. The molecule has 1 N–H and O–H groups in total. The van der Waals surface area contributed by atoms with E-state index in [0.717, 1.165) is 11.1 Å². The van der Waals surface area contributed by atoms with Gasteiger partial charge in [-0.15, -0.1) is 0 Å². The first-order chi connectivity index (χ1) is 8.34. The lowest BCUT2D eigenvalue weighted by Crippen LogP contribution is -2.22. The van der Waals surface area contributed by atoms with Gasteiger partial charge in [-0.2, -0.15) is 0 Å². The highest BCUT2D eigenvalue weighted by atomic mass is 32.1. The van der Waals surface area contributed by atoms with Gasteiger partial charge in [0.05, 0.1) is 10.9 Å². The van der Waals surface area contributed by atoms with Crippen LogP contribution in [0.2, 0.25) is 0 Å². The van der Waals surface area contributed by atoms with Crippen molar-refractivity contribution in [3.63, 3.8) is 0 Å². The molecular weight excluding hydrogens is 244 g/mol. The molecule has 96 valence electrons. The lowest BCUT2D eigenvalue weighted by atomic mass is 9.86. The predicted molar refractivity (Wildman–Crippen MR) is 77.8 cm³/mol. The Kier molecular flexibility index (Phi) is 3.15. The van der Waals surface area contributed by atoms with Crippen molar-refractivity contribution in [2.45, 2.75) is 39.7 Å². The fourth-order valence-corrected chi connectivity index (χ4v) is 2.33. The second-order valence-electron chi connectivity index (χ2n) is 5.49. The van der Waals surface area contributed by atoms with Gasteiger partial charge in [-0.3, -0.25) is 9.36 Å². The van der Waals surface area contributed by atoms with E-state index in [-0.39, 0.29) is 11.0 Å². The molecule has 0 aliphatic heterocycles. The van der Waals surface area contributed by atoms with Crippen LogP contribution in [-0.4, -0.2) is 9.55 Å².